The number of hydrogen-bond donors (Lipinski definition) is 0. The van der Waals surface area contributed by atoms with Gasteiger partial charge in [0.15, 0.2) is 11.6 Å². The first-order valence-electron chi connectivity index (χ1n) is 6.11. The molecule has 0 aliphatic heterocycles. The lowest BCUT2D eigenvalue weighted by Gasteiger charge is -2.08. The van der Waals surface area contributed by atoms with Gasteiger partial charge in [0.25, 0.3) is 0 Å². The molecule has 5 heteroatoms. The molecule has 0 unspecified atom stereocenters. The van der Waals surface area contributed by atoms with Crippen molar-refractivity contribution in [1.29, 1.82) is 0 Å². The maximum atomic E-state index is 13.4. The molecule has 0 N–H and O–H groups in total. The molecule has 2 aromatic rings. The fourth-order valence-electron chi connectivity index (χ4n) is 1.53. The Morgan fingerprint density at radius 3 is 2.30 bits per heavy atom. The van der Waals surface area contributed by atoms with Gasteiger partial charge in [0.2, 0.25) is 0 Å². The lowest BCUT2D eigenvalue weighted by atomic mass is 10.3. The van der Waals surface area contributed by atoms with Crippen molar-refractivity contribution in [3.63, 3.8) is 0 Å². The summed E-state index contributed by atoms with van der Waals surface area (Å²) >= 11 is 3.32. The quantitative estimate of drug-likeness (QED) is 0.547. The van der Waals surface area contributed by atoms with E-state index in [1.54, 1.807) is 24.3 Å². The first-order valence-corrected chi connectivity index (χ1v) is 7.23. The van der Waals surface area contributed by atoms with Crippen LogP contribution in [0.2, 0.25) is 0 Å². The Bertz CT molecular complexity index is 558. The number of hydrogen-bond acceptors (Lipinski definition) is 2. The highest BCUT2D eigenvalue weighted by Crippen LogP contribution is 2.26. The normalized spacial score (nSPS) is 10.3. The molecule has 106 valence electrons. The van der Waals surface area contributed by atoms with Crippen LogP contribution >= 0.6 is 15.9 Å². The van der Waals surface area contributed by atoms with Gasteiger partial charge in [-0.3, -0.25) is 0 Å². The molecule has 2 rings (SSSR count). The van der Waals surface area contributed by atoms with Crippen LogP contribution in [-0.4, -0.2) is 11.9 Å². The molecule has 0 amide bonds. The van der Waals surface area contributed by atoms with Gasteiger partial charge in [-0.05, 0) is 42.8 Å². The first kappa shape index (κ1) is 14.8. The largest absolute Gasteiger partial charge is 0.494 e. The van der Waals surface area contributed by atoms with Crippen LogP contribution in [0, 0.1) is 11.6 Å². The van der Waals surface area contributed by atoms with Gasteiger partial charge in [-0.15, -0.1) is 0 Å². The summed E-state index contributed by atoms with van der Waals surface area (Å²) in [5.74, 6) is -0.200. The number of ether oxygens (including phenoxy) is 2. The average molecular weight is 343 g/mol. The van der Waals surface area contributed by atoms with Crippen LogP contribution in [0.5, 0.6) is 17.2 Å². The van der Waals surface area contributed by atoms with Gasteiger partial charge in [0.05, 0.1) is 6.61 Å². The summed E-state index contributed by atoms with van der Waals surface area (Å²) in [6, 6.07) is 10.0. The molecular formula is C15H13BrF2O2. The van der Waals surface area contributed by atoms with E-state index < -0.39 is 11.6 Å². The SMILES string of the molecule is Fc1ccc(Oc2ccc(OCCCBr)cc2)c(F)c1. The predicted octanol–water partition coefficient (Wildman–Crippen LogP) is 4.92. The van der Waals surface area contributed by atoms with Gasteiger partial charge in [-0.25, -0.2) is 8.78 Å². The van der Waals surface area contributed by atoms with Crippen molar-refractivity contribution < 1.29 is 18.3 Å². The van der Waals surface area contributed by atoms with E-state index in [2.05, 4.69) is 15.9 Å². The van der Waals surface area contributed by atoms with Crippen molar-refractivity contribution in [3.05, 3.63) is 54.1 Å². The Morgan fingerprint density at radius 2 is 1.65 bits per heavy atom. The van der Waals surface area contributed by atoms with Crippen LogP contribution in [0.4, 0.5) is 8.78 Å². The molecule has 0 spiro atoms. The summed E-state index contributed by atoms with van der Waals surface area (Å²) in [5, 5.41) is 0.887. The second kappa shape index (κ2) is 7.24. The van der Waals surface area contributed by atoms with Crippen LogP contribution in [0.15, 0.2) is 42.5 Å². The second-order valence-electron chi connectivity index (χ2n) is 4.04. The zero-order valence-corrected chi connectivity index (χ0v) is 12.2. The van der Waals surface area contributed by atoms with Crippen LogP contribution in [-0.2, 0) is 0 Å². The molecule has 0 aliphatic rings. The van der Waals surface area contributed by atoms with Crippen LogP contribution in [0.25, 0.3) is 0 Å². The molecule has 0 saturated heterocycles. The van der Waals surface area contributed by atoms with E-state index in [-0.39, 0.29) is 5.75 Å². The standard InChI is InChI=1S/C15H13BrF2O2/c16-8-1-9-19-12-3-5-13(6-4-12)20-15-7-2-11(17)10-14(15)18/h2-7,10H,1,8-9H2. The van der Waals surface area contributed by atoms with E-state index in [4.69, 9.17) is 9.47 Å². The second-order valence-corrected chi connectivity index (χ2v) is 4.83. The van der Waals surface area contributed by atoms with E-state index in [1.165, 1.54) is 6.07 Å². The van der Waals surface area contributed by atoms with Gasteiger partial charge in [-0.2, -0.15) is 0 Å². The summed E-state index contributed by atoms with van der Waals surface area (Å²) < 4.78 is 37.0. The minimum Gasteiger partial charge on any atom is -0.494 e. The van der Waals surface area contributed by atoms with E-state index in [0.29, 0.717) is 12.4 Å². The zero-order valence-electron chi connectivity index (χ0n) is 10.6. The maximum Gasteiger partial charge on any atom is 0.168 e. The molecule has 20 heavy (non-hydrogen) atoms. The minimum atomic E-state index is -0.734. The van der Waals surface area contributed by atoms with Crippen molar-refractivity contribution in [3.8, 4) is 17.2 Å². The molecular weight excluding hydrogens is 330 g/mol. The fourth-order valence-corrected chi connectivity index (χ4v) is 1.76. The van der Waals surface area contributed by atoms with Gasteiger partial charge >= 0.3 is 0 Å². The lowest BCUT2D eigenvalue weighted by molar-refractivity contribution is 0.318. The van der Waals surface area contributed by atoms with Crippen LogP contribution in [0.3, 0.4) is 0 Å². The molecule has 0 heterocycles. The fraction of sp³-hybridized carbons (Fsp3) is 0.200. The van der Waals surface area contributed by atoms with Gasteiger partial charge in [0, 0.05) is 11.4 Å². The Balaban J connectivity index is 1.99. The van der Waals surface area contributed by atoms with E-state index in [1.807, 2.05) is 0 Å². The first-order chi connectivity index (χ1) is 9.69. The third-order valence-electron chi connectivity index (χ3n) is 2.49. The Kier molecular flexibility index (Phi) is 5.35. The molecule has 0 saturated carbocycles. The molecule has 0 atom stereocenters. The summed E-state index contributed by atoms with van der Waals surface area (Å²) in [6.45, 7) is 0.623. The van der Waals surface area contributed by atoms with E-state index in [0.717, 1.165) is 29.6 Å². The smallest absolute Gasteiger partial charge is 0.168 e. The van der Waals surface area contributed by atoms with E-state index >= 15 is 0 Å². The number of benzene rings is 2. The highest BCUT2D eigenvalue weighted by molar-refractivity contribution is 9.09. The predicted molar refractivity (Wildman–Crippen MR) is 76.8 cm³/mol. The van der Waals surface area contributed by atoms with Crippen molar-refractivity contribution in [2.75, 3.05) is 11.9 Å². The van der Waals surface area contributed by atoms with Crippen LogP contribution < -0.4 is 9.47 Å². The maximum absolute atomic E-state index is 13.4. The molecule has 0 fully saturated rings. The van der Waals surface area contributed by atoms with Crippen molar-refractivity contribution in [2.24, 2.45) is 0 Å². The van der Waals surface area contributed by atoms with Gasteiger partial charge in [0.1, 0.15) is 17.3 Å². The number of alkyl halides is 1. The molecule has 0 aromatic heterocycles. The highest BCUT2D eigenvalue weighted by atomic mass is 79.9. The minimum absolute atomic E-state index is 0.0145. The number of rotatable bonds is 6. The molecule has 0 radical (unpaired) electrons. The summed E-state index contributed by atoms with van der Waals surface area (Å²) in [4.78, 5) is 0. The topological polar surface area (TPSA) is 18.5 Å². The Hall–Kier alpha value is -1.62. The van der Waals surface area contributed by atoms with Gasteiger partial charge < -0.3 is 9.47 Å². The monoisotopic (exact) mass is 342 g/mol. The number of halogens is 3. The lowest BCUT2D eigenvalue weighted by Crippen LogP contribution is -1.97. The molecule has 0 bridgehead atoms. The summed E-state index contributed by atoms with van der Waals surface area (Å²) in [6.07, 6.45) is 0.916. The summed E-state index contributed by atoms with van der Waals surface area (Å²) in [5.41, 5.74) is 0. The Labute approximate surface area is 124 Å². The molecule has 2 aromatic carbocycles. The zero-order chi connectivity index (χ0) is 14.4. The summed E-state index contributed by atoms with van der Waals surface area (Å²) in [7, 11) is 0. The molecule has 2 nitrogen and oxygen atoms in total. The van der Waals surface area contributed by atoms with E-state index in [9.17, 15) is 8.78 Å². The third kappa shape index (κ3) is 4.20. The van der Waals surface area contributed by atoms with Crippen LogP contribution in [0.1, 0.15) is 6.42 Å². The highest BCUT2D eigenvalue weighted by Gasteiger charge is 2.06. The van der Waals surface area contributed by atoms with Crippen molar-refractivity contribution in [1.82, 2.24) is 0 Å². The average Bonchev–Trinajstić information content (AvgIpc) is 2.44. The van der Waals surface area contributed by atoms with Gasteiger partial charge in [-0.1, -0.05) is 15.9 Å². The molecule has 0 aliphatic carbocycles. The van der Waals surface area contributed by atoms with Crippen molar-refractivity contribution >= 4 is 15.9 Å². The third-order valence-corrected chi connectivity index (χ3v) is 3.05. The van der Waals surface area contributed by atoms with Crippen molar-refractivity contribution in [2.45, 2.75) is 6.42 Å². The Morgan fingerprint density at radius 1 is 0.950 bits per heavy atom.